The highest BCUT2D eigenvalue weighted by atomic mass is 32.2. The molecule has 1 heterocycles. The molecule has 0 unspecified atom stereocenters. The van der Waals surface area contributed by atoms with E-state index in [-0.39, 0.29) is 29.6 Å². The van der Waals surface area contributed by atoms with Gasteiger partial charge in [0, 0.05) is 26.3 Å². The van der Waals surface area contributed by atoms with Crippen molar-refractivity contribution < 1.29 is 22.7 Å². The third-order valence-electron chi connectivity index (χ3n) is 3.84. The number of aromatic nitrogens is 1. The van der Waals surface area contributed by atoms with Crippen LogP contribution in [0.15, 0.2) is 41.4 Å². The first-order valence-electron chi connectivity index (χ1n) is 8.77. The van der Waals surface area contributed by atoms with E-state index in [2.05, 4.69) is 15.0 Å². The van der Waals surface area contributed by atoms with Gasteiger partial charge in [-0.05, 0) is 37.6 Å². The summed E-state index contributed by atoms with van der Waals surface area (Å²) >= 11 is 0. The van der Waals surface area contributed by atoms with Gasteiger partial charge in [0.2, 0.25) is 21.8 Å². The number of carbonyl (C=O) groups is 1. The molecule has 1 amide bonds. The van der Waals surface area contributed by atoms with Crippen molar-refractivity contribution in [2.75, 3.05) is 32.2 Å². The van der Waals surface area contributed by atoms with Crippen molar-refractivity contribution in [2.45, 2.75) is 25.2 Å². The zero-order valence-electron chi connectivity index (χ0n) is 16.2. The Hall–Kier alpha value is -2.49. The summed E-state index contributed by atoms with van der Waals surface area (Å²) in [5.74, 6) is -0.0725. The molecule has 8 nitrogen and oxygen atoms in total. The Morgan fingerprint density at radius 3 is 2.68 bits per heavy atom. The molecule has 2 rings (SSSR count). The quantitative estimate of drug-likeness (QED) is 0.584. The molecule has 9 heteroatoms. The van der Waals surface area contributed by atoms with Crippen LogP contribution in [-0.4, -0.2) is 46.2 Å². The van der Waals surface area contributed by atoms with Crippen LogP contribution in [0.5, 0.6) is 5.88 Å². The monoisotopic (exact) mass is 407 g/mol. The average molecular weight is 407 g/mol. The standard InChI is InChI=1S/C19H25N3O5S/c1-14-6-7-17(15(2)13-14)28(24,25)21-10-8-18(23)22-16-5-4-9-20-19(16)27-12-11-26-3/h4-7,9,13,21H,8,10-12H2,1-3H3,(H,22,23). The molecule has 2 N–H and O–H groups in total. The van der Waals surface area contributed by atoms with Crippen LogP contribution in [0, 0.1) is 13.8 Å². The Morgan fingerprint density at radius 2 is 1.96 bits per heavy atom. The van der Waals surface area contributed by atoms with Gasteiger partial charge in [0.25, 0.3) is 0 Å². The molecule has 0 atom stereocenters. The number of nitrogens with one attached hydrogen (secondary N) is 2. The molecular weight excluding hydrogens is 382 g/mol. The fourth-order valence-corrected chi connectivity index (χ4v) is 3.77. The number of hydrogen-bond donors (Lipinski definition) is 2. The first-order valence-corrected chi connectivity index (χ1v) is 10.3. The molecule has 1 aromatic carbocycles. The van der Waals surface area contributed by atoms with Gasteiger partial charge < -0.3 is 14.8 Å². The maximum absolute atomic E-state index is 12.4. The van der Waals surface area contributed by atoms with Crippen molar-refractivity contribution in [2.24, 2.45) is 0 Å². The molecule has 0 fully saturated rings. The number of hydrogen-bond acceptors (Lipinski definition) is 6. The van der Waals surface area contributed by atoms with Gasteiger partial charge in [-0.25, -0.2) is 18.1 Å². The van der Waals surface area contributed by atoms with Crippen molar-refractivity contribution in [3.05, 3.63) is 47.7 Å². The number of rotatable bonds is 10. The molecular formula is C19H25N3O5S. The molecule has 28 heavy (non-hydrogen) atoms. The van der Waals surface area contributed by atoms with Crippen molar-refractivity contribution in [1.82, 2.24) is 9.71 Å². The molecule has 0 bridgehead atoms. The molecule has 0 aliphatic carbocycles. The molecule has 2 aromatic rings. The van der Waals surface area contributed by atoms with Crippen LogP contribution in [0.2, 0.25) is 0 Å². The lowest BCUT2D eigenvalue weighted by molar-refractivity contribution is -0.116. The SMILES string of the molecule is COCCOc1ncccc1NC(=O)CCNS(=O)(=O)c1ccc(C)cc1C. The molecule has 152 valence electrons. The van der Waals surface area contributed by atoms with E-state index in [1.54, 1.807) is 50.6 Å². The number of sulfonamides is 1. The molecule has 0 aliphatic rings. The number of nitrogens with zero attached hydrogens (tertiary/aromatic N) is 1. The Kier molecular flexibility index (Phi) is 7.91. The summed E-state index contributed by atoms with van der Waals surface area (Å²) < 4.78 is 37.7. The van der Waals surface area contributed by atoms with Gasteiger partial charge in [0.05, 0.1) is 11.5 Å². The highest BCUT2D eigenvalue weighted by molar-refractivity contribution is 7.89. The van der Waals surface area contributed by atoms with Crippen LogP contribution in [-0.2, 0) is 19.6 Å². The summed E-state index contributed by atoms with van der Waals surface area (Å²) in [5.41, 5.74) is 2.06. The van der Waals surface area contributed by atoms with Crippen LogP contribution in [0.1, 0.15) is 17.5 Å². The Labute approximate surface area is 165 Å². The van der Waals surface area contributed by atoms with Gasteiger partial charge in [-0.15, -0.1) is 0 Å². The number of amides is 1. The zero-order valence-corrected chi connectivity index (χ0v) is 17.0. The summed E-state index contributed by atoms with van der Waals surface area (Å²) in [6, 6.07) is 8.43. The Balaban J connectivity index is 1.91. The van der Waals surface area contributed by atoms with E-state index in [9.17, 15) is 13.2 Å². The normalized spacial score (nSPS) is 11.2. The summed E-state index contributed by atoms with van der Waals surface area (Å²) in [6.07, 6.45) is 1.52. The van der Waals surface area contributed by atoms with Crippen LogP contribution in [0.4, 0.5) is 5.69 Å². The molecule has 0 aliphatic heterocycles. The third-order valence-corrected chi connectivity index (χ3v) is 5.46. The smallest absolute Gasteiger partial charge is 0.240 e. The van der Waals surface area contributed by atoms with Crippen molar-refractivity contribution in [3.63, 3.8) is 0 Å². The topological polar surface area (TPSA) is 107 Å². The van der Waals surface area contributed by atoms with Crippen LogP contribution in [0.25, 0.3) is 0 Å². The first-order chi connectivity index (χ1) is 13.3. The van der Waals surface area contributed by atoms with Crippen molar-refractivity contribution in [1.29, 1.82) is 0 Å². The fourth-order valence-electron chi connectivity index (χ4n) is 2.51. The second kappa shape index (κ2) is 10.2. The number of carbonyl (C=O) groups excluding carboxylic acids is 1. The summed E-state index contributed by atoms with van der Waals surface area (Å²) in [6.45, 7) is 4.30. The number of anilines is 1. The van der Waals surface area contributed by atoms with Gasteiger partial charge in [0.15, 0.2) is 0 Å². The lowest BCUT2D eigenvalue weighted by Gasteiger charge is -2.12. The van der Waals surface area contributed by atoms with Gasteiger partial charge in [-0.2, -0.15) is 0 Å². The first kappa shape index (κ1) is 21.8. The second-order valence-electron chi connectivity index (χ2n) is 6.16. The van der Waals surface area contributed by atoms with Crippen LogP contribution in [0.3, 0.4) is 0 Å². The van der Waals surface area contributed by atoms with Crippen molar-refractivity contribution in [3.8, 4) is 5.88 Å². The molecule has 0 saturated heterocycles. The van der Waals surface area contributed by atoms with Crippen molar-refractivity contribution >= 4 is 21.6 Å². The van der Waals surface area contributed by atoms with E-state index >= 15 is 0 Å². The van der Waals surface area contributed by atoms with Gasteiger partial charge in [-0.3, -0.25) is 4.79 Å². The number of aryl methyl sites for hydroxylation is 2. The molecule has 0 saturated carbocycles. The minimum absolute atomic E-state index is 0.0262. The maximum Gasteiger partial charge on any atom is 0.240 e. The fraction of sp³-hybridized carbons (Fsp3) is 0.368. The van der Waals surface area contributed by atoms with Gasteiger partial charge in [-0.1, -0.05) is 17.7 Å². The van der Waals surface area contributed by atoms with Gasteiger partial charge >= 0.3 is 0 Å². The zero-order chi connectivity index (χ0) is 20.6. The average Bonchev–Trinajstić information content (AvgIpc) is 2.63. The van der Waals surface area contributed by atoms with Gasteiger partial charge in [0.1, 0.15) is 12.3 Å². The lowest BCUT2D eigenvalue weighted by Crippen LogP contribution is -2.28. The van der Waals surface area contributed by atoms with Crippen LogP contribution >= 0.6 is 0 Å². The highest BCUT2D eigenvalue weighted by Crippen LogP contribution is 2.20. The summed E-state index contributed by atoms with van der Waals surface area (Å²) in [5, 5.41) is 2.68. The molecule has 0 radical (unpaired) electrons. The van der Waals surface area contributed by atoms with E-state index in [1.165, 1.54) is 0 Å². The van der Waals surface area contributed by atoms with E-state index in [1.807, 2.05) is 6.92 Å². The summed E-state index contributed by atoms with van der Waals surface area (Å²) in [7, 11) is -2.12. The van der Waals surface area contributed by atoms with Crippen LogP contribution < -0.4 is 14.8 Å². The number of methoxy groups -OCH3 is 1. The van der Waals surface area contributed by atoms with E-state index in [0.717, 1.165) is 5.56 Å². The number of benzene rings is 1. The second-order valence-corrected chi connectivity index (χ2v) is 7.90. The minimum atomic E-state index is -3.68. The largest absolute Gasteiger partial charge is 0.474 e. The Morgan fingerprint density at radius 1 is 1.18 bits per heavy atom. The number of pyridine rings is 1. The predicted molar refractivity (Wildman–Crippen MR) is 106 cm³/mol. The molecule has 0 spiro atoms. The lowest BCUT2D eigenvalue weighted by atomic mass is 10.2. The maximum atomic E-state index is 12.4. The van der Waals surface area contributed by atoms with E-state index in [4.69, 9.17) is 9.47 Å². The minimum Gasteiger partial charge on any atom is -0.474 e. The highest BCUT2D eigenvalue weighted by Gasteiger charge is 2.17. The van der Waals surface area contributed by atoms with E-state index < -0.39 is 10.0 Å². The molecule has 1 aromatic heterocycles. The third kappa shape index (κ3) is 6.29. The Bertz CT molecular complexity index is 916. The van der Waals surface area contributed by atoms with E-state index in [0.29, 0.717) is 24.5 Å². The predicted octanol–water partition coefficient (Wildman–Crippen LogP) is 2.03. The number of ether oxygens (including phenoxy) is 2. The summed E-state index contributed by atoms with van der Waals surface area (Å²) in [4.78, 5) is 16.5.